The summed E-state index contributed by atoms with van der Waals surface area (Å²) >= 11 is 1.49. The first-order valence-electron chi connectivity index (χ1n) is 7.24. The number of hydrogen-bond acceptors (Lipinski definition) is 7. The predicted molar refractivity (Wildman–Crippen MR) is 81.7 cm³/mol. The molecule has 1 saturated heterocycles. The number of hydrogen-bond donors (Lipinski definition) is 1. The van der Waals surface area contributed by atoms with Crippen molar-refractivity contribution in [2.75, 3.05) is 20.2 Å². The molecule has 0 spiro atoms. The van der Waals surface area contributed by atoms with Crippen LogP contribution in [0.1, 0.15) is 40.1 Å². The van der Waals surface area contributed by atoms with Gasteiger partial charge in [0, 0.05) is 23.4 Å². The van der Waals surface area contributed by atoms with Crippen molar-refractivity contribution in [3.05, 3.63) is 27.7 Å². The Bertz CT molecular complexity index is 641. The molecule has 22 heavy (non-hydrogen) atoms. The summed E-state index contributed by atoms with van der Waals surface area (Å²) in [6.07, 6.45) is 2.15. The second-order valence-corrected chi connectivity index (χ2v) is 7.04. The van der Waals surface area contributed by atoms with Gasteiger partial charge in [-0.2, -0.15) is 5.21 Å². The molecule has 2 aromatic heterocycles. The number of nitrogens with one attached hydrogen (secondary N) is 1. The van der Waals surface area contributed by atoms with Gasteiger partial charge < -0.3 is 4.74 Å². The van der Waals surface area contributed by atoms with Crippen LogP contribution in [-0.4, -0.2) is 51.7 Å². The van der Waals surface area contributed by atoms with Gasteiger partial charge >= 0.3 is 5.97 Å². The van der Waals surface area contributed by atoms with Gasteiger partial charge in [-0.1, -0.05) is 12.1 Å². The normalized spacial score (nSPS) is 22.6. The molecule has 3 rings (SSSR count). The largest absolute Gasteiger partial charge is 0.465 e. The Morgan fingerprint density at radius 2 is 2.41 bits per heavy atom. The number of aromatic nitrogens is 4. The van der Waals surface area contributed by atoms with Crippen molar-refractivity contribution in [2.24, 2.45) is 0 Å². The van der Waals surface area contributed by atoms with Crippen molar-refractivity contribution >= 4 is 17.3 Å². The zero-order valence-corrected chi connectivity index (χ0v) is 13.5. The molecule has 1 aliphatic rings. The molecule has 0 aliphatic carbocycles. The van der Waals surface area contributed by atoms with Gasteiger partial charge in [0.1, 0.15) is 4.88 Å². The summed E-state index contributed by atoms with van der Waals surface area (Å²) in [5.74, 6) is 0.505. The summed E-state index contributed by atoms with van der Waals surface area (Å²) in [4.78, 5) is 15.7. The number of methoxy groups -OCH3 is 1. The number of H-pyrrole nitrogens is 1. The topological polar surface area (TPSA) is 84.0 Å². The lowest BCUT2D eigenvalue weighted by atomic mass is 9.81. The van der Waals surface area contributed by atoms with Crippen molar-refractivity contribution in [3.63, 3.8) is 0 Å². The SMILES string of the molecule is COC(=O)c1ccc(CN2CCCC(C)(c3nn[nH]n3)C2)s1. The Kier molecular flexibility index (Phi) is 4.21. The Labute approximate surface area is 132 Å². The molecule has 0 amide bonds. The molecule has 2 aromatic rings. The van der Waals surface area contributed by atoms with Crippen LogP contribution in [0, 0.1) is 0 Å². The lowest BCUT2D eigenvalue weighted by Crippen LogP contribution is -2.44. The average Bonchev–Trinajstić information content (AvgIpc) is 3.18. The summed E-state index contributed by atoms with van der Waals surface area (Å²) < 4.78 is 4.75. The number of ether oxygens (including phenoxy) is 1. The number of likely N-dealkylation sites (tertiary alicyclic amines) is 1. The van der Waals surface area contributed by atoms with Crippen molar-refractivity contribution in [3.8, 4) is 0 Å². The fourth-order valence-corrected chi connectivity index (χ4v) is 3.94. The minimum absolute atomic E-state index is 0.0757. The van der Waals surface area contributed by atoms with E-state index < -0.39 is 0 Å². The monoisotopic (exact) mass is 321 g/mol. The van der Waals surface area contributed by atoms with Crippen LogP contribution in [0.25, 0.3) is 0 Å². The van der Waals surface area contributed by atoms with Gasteiger partial charge in [-0.05, 0) is 31.5 Å². The standard InChI is InChI=1S/C14H19N5O2S/c1-14(13-15-17-18-16-13)6-3-7-19(9-14)8-10-4-5-11(22-10)12(20)21-2/h4-5H,3,6-9H2,1-2H3,(H,15,16,17,18). The molecule has 0 radical (unpaired) electrons. The summed E-state index contributed by atoms with van der Waals surface area (Å²) in [7, 11) is 1.41. The first-order chi connectivity index (χ1) is 10.6. The second kappa shape index (κ2) is 6.13. The fraction of sp³-hybridized carbons (Fsp3) is 0.571. The van der Waals surface area contributed by atoms with Gasteiger partial charge in [0.05, 0.1) is 7.11 Å². The molecule has 8 heteroatoms. The van der Waals surface area contributed by atoms with Crippen LogP contribution < -0.4 is 0 Å². The van der Waals surface area contributed by atoms with Gasteiger partial charge in [0.2, 0.25) is 0 Å². The average molecular weight is 321 g/mol. The number of carbonyl (C=O) groups is 1. The third kappa shape index (κ3) is 3.02. The second-order valence-electron chi connectivity index (χ2n) is 5.87. The summed E-state index contributed by atoms with van der Waals surface area (Å²) in [6, 6.07) is 3.82. The van der Waals surface area contributed by atoms with Crippen molar-refractivity contribution in [1.82, 2.24) is 25.5 Å². The Morgan fingerprint density at radius 3 is 3.14 bits per heavy atom. The zero-order valence-electron chi connectivity index (χ0n) is 12.7. The van der Waals surface area contributed by atoms with Crippen LogP contribution in [0.15, 0.2) is 12.1 Å². The number of carbonyl (C=O) groups excluding carboxylic acids is 1. The van der Waals surface area contributed by atoms with E-state index in [9.17, 15) is 4.79 Å². The van der Waals surface area contributed by atoms with E-state index in [2.05, 4.69) is 32.4 Å². The molecular formula is C14H19N5O2S. The quantitative estimate of drug-likeness (QED) is 0.861. The predicted octanol–water partition coefficient (Wildman–Crippen LogP) is 1.60. The highest BCUT2D eigenvalue weighted by Gasteiger charge is 2.36. The molecule has 1 atom stereocenters. The van der Waals surface area contributed by atoms with E-state index in [-0.39, 0.29) is 11.4 Å². The van der Waals surface area contributed by atoms with Crippen LogP contribution in [0.3, 0.4) is 0 Å². The summed E-state index contributed by atoms with van der Waals surface area (Å²) in [5, 5.41) is 14.5. The fourth-order valence-electron chi connectivity index (χ4n) is 2.97. The Hall–Kier alpha value is -1.80. The number of tetrazole rings is 1. The Morgan fingerprint density at radius 1 is 1.55 bits per heavy atom. The highest BCUT2D eigenvalue weighted by atomic mass is 32.1. The maximum Gasteiger partial charge on any atom is 0.348 e. The number of aromatic amines is 1. The van der Waals surface area contributed by atoms with E-state index in [1.165, 1.54) is 18.4 Å². The molecule has 7 nitrogen and oxygen atoms in total. The number of esters is 1. The number of piperidine rings is 1. The van der Waals surface area contributed by atoms with Gasteiger partial charge in [0.25, 0.3) is 0 Å². The number of rotatable bonds is 4. The van der Waals surface area contributed by atoms with Gasteiger partial charge in [-0.15, -0.1) is 21.5 Å². The zero-order chi connectivity index (χ0) is 15.6. The van der Waals surface area contributed by atoms with Crippen LogP contribution in [0.2, 0.25) is 0 Å². The number of nitrogens with zero attached hydrogens (tertiary/aromatic N) is 4. The molecule has 1 unspecified atom stereocenters. The molecule has 1 aliphatic heterocycles. The Balaban J connectivity index is 1.68. The molecule has 1 fully saturated rings. The summed E-state index contributed by atoms with van der Waals surface area (Å²) in [5.41, 5.74) is -0.0757. The van der Waals surface area contributed by atoms with Crippen LogP contribution >= 0.6 is 11.3 Å². The van der Waals surface area contributed by atoms with Crippen molar-refractivity contribution in [1.29, 1.82) is 0 Å². The summed E-state index contributed by atoms with van der Waals surface area (Å²) in [6.45, 7) is 4.93. The third-order valence-electron chi connectivity index (χ3n) is 4.09. The molecule has 0 saturated carbocycles. The van der Waals surface area contributed by atoms with Crippen LogP contribution in [0.4, 0.5) is 0 Å². The highest BCUT2D eigenvalue weighted by Crippen LogP contribution is 2.32. The van der Waals surface area contributed by atoms with E-state index in [0.29, 0.717) is 4.88 Å². The molecule has 118 valence electrons. The minimum Gasteiger partial charge on any atom is -0.465 e. The molecular weight excluding hydrogens is 302 g/mol. The molecule has 0 aromatic carbocycles. The lowest BCUT2D eigenvalue weighted by molar-refractivity contribution is 0.0606. The highest BCUT2D eigenvalue weighted by molar-refractivity contribution is 7.13. The maximum atomic E-state index is 11.5. The van der Waals surface area contributed by atoms with E-state index in [1.54, 1.807) is 0 Å². The smallest absolute Gasteiger partial charge is 0.348 e. The van der Waals surface area contributed by atoms with E-state index in [1.807, 2.05) is 12.1 Å². The number of thiophene rings is 1. The van der Waals surface area contributed by atoms with Gasteiger partial charge in [0.15, 0.2) is 5.82 Å². The molecule has 0 bridgehead atoms. The van der Waals surface area contributed by atoms with Crippen LogP contribution in [-0.2, 0) is 16.7 Å². The van der Waals surface area contributed by atoms with Gasteiger partial charge in [-0.25, -0.2) is 4.79 Å². The molecule has 3 heterocycles. The maximum absolute atomic E-state index is 11.5. The van der Waals surface area contributed by atoms with Crippen molar-refractivity contribution < 1.29 is 9.53 Å². The van der Waals surface area contributed by atoms with Crippen molar-refractivity contribution in [2.45, 2.75) is 31.7 Å². The van der Waals surface area contributed by atoms with E-state index in [4.69, 9.17) is 4.74 Å². The van der Waals surface area contributed by atoms with E-state index in [0.717, 1.165) is 43.2 Å². The van der Waals surface area contributed by atoms with Gasteiger partial charge in [-0.3, -0.25) is 4.90 Å². The first kappa shape index (κ1) is 15.1. The first-order valence-corrected chi connectivity index (χ1v) is 8.06. The van der Waals surface area contributed by atoms with E-state index >= 15 is 0 Å². The van der Waals surface area contributed by atoms with Crippen LogP contribution in [0.5, 0.6) is 0 Å². The minimum atomic E-state index is -0.272. The lowest BCUT2D eigenvalue weighted by Gasteiger charge is -2.38. The third-order valence-corrected chi connectivity index (χ3v) is 5.14. The molecule has 1 N–H and O–H groups in total.